The zero-order chi connectivity index (χ0) is 20.6. The summed E-state index contributed by atoms with van der Waals surface area (Å²) in [5.74, 6) is 1.06. The molecule has 0 aliphatic heterocycles. The molecule has 0 unspecified atom stereocenters. The van der Waals surface area contributed by atoms with E-state index in [4.69, 9.17) is 15.2 Å². The van der Waals surface area contributed by atoms with Crippen LogP contribution < -0.4 is 15.2 Å². The summed E-state index contributed by atoms with van der Waals surface area (Å²) in [7, 11) is 0. The Labute approximate surface area is 176 Å². The first-order valence-corrected chi connectivity index (χ1v) is 9.96. The first kappa shape index (κ1) is 19.7. The van der Waals surface area contributed by atoms with E-state index in [0.29, 0.717) is 31.5 Å². The number of nitrogens with zero attached hydrogens (tertiary/aromatic N) is 1. The lowest BCUT2D eigenvalue weighted by molar-refractivity contribution is 0.268. The highest BCUT2D eigenvalue weighted by Crippen LogP contribution is 2.33. The maximum Gasteiger partial charge on any atom is 0.225 e. The zero-order valence-corrected chi connectivity index (χ0v) is 16.7. The second kappa shape index (κ2) is 9.72. The molecule has 4 nitrogen and oxygen atoms in total. The van der Waals surface area contributed by atoms with Gasteiger partial charge in [-0.1, -0.05) is 84.9 Å². The Kier molecular flexibility index (Phi) is 6.38. The van der Waals surface area contributed by atoms with Crippen LogP contribution in [0, 0.1) is 0 Å². The van der Waals surface area contributed by atoms with E-state index in [1.807, 2.05) is 97.1 Å². The fourth-order valence-electron chi connectivity index (χ4n) is 3.24. The van der Waals surface area contributed by atoms with Crippen molar-refractivity contribution in [2.45, 2.75) is 19.8 Å². The molecule has 0 amide bonds. The second-order valence-corrected chi connectivity index (χ2v) is 6.91. The van der Waals surface area contributed by atoms with Crippen LogP contribution in [0.25, 0.3) is 11.1 Å². The summed E-state index contributed by atoms with van der Waals surface area (Å²) < 4.78 is 12.1. The molecule has 150 valence electrons. The third-order valence-electron chi connectivity index (χ3n) is 4.81. The minimum Gasteiger partial charge on any atom is -0.473 e. The van der Waals surface area contributed by atoms with Crippen molar-refractivity contribution in [3.63, 3.8) is 0 Å². The minimum atomic E-state index is 0.424. The third kappa shape index (κ3) is 4.85. The molecule has 4 rings (SSSR count). The fourth-order valence-corrected chi connectivity index (χ4v) is 3.24. The molecule has 1 heterocycles. The smallest absolute Gasteiger partial charge is 0.225 e. The molecule has 1 aromatic heterocycles. The van der Waals surface area contributed by atoms with Gasteiger partial charge >= 0.3 is 0 Å². The third-order valence-corrected chi connectivity index (χ3v) is 4.81. The standard InChI is InChI=1S/C26H24N2O2/c27-17-22-13-7-8-14-23(22)24-15-16-25(29-18-20-9-3-1-4-10-20)28-26(24)30-19-21-11-5-2-6-12-21/h1-16H,17-19,27H2. The van der Waals surface area contributed by atoms with Gasteiger partial charge in [-0.25, -0.2) is 0 Å². The molecule has 3 aromatic carbocycles. The Bertz CT molecular complexity index is 1080. The van der Waals surface area contributed by atoms with Crippen LogP contribution in [0.15, 0.2) is 97.1 Å². The highest BCUT2D eigenvalue weighted by Gasteiger charge is 2.13. The molecule has 0 saturated heterocycles. The highest BCUT2D eigenvalue weighted by atomic mass is 16.5. The summed E-state index contributed by atoms with van der Waals surface area (Å²) in [6, 6.07) is 32.0. The topological polar surface area (TPSA) is 57.4 Å². The molecule has 0 saturated carbocycles. The van der Waals surface area contributed by atoms with E-state index < -0.39 is 0 Å². The molecule has 0 atom stereocenters. The summed E-state index contributed by atoms with van der Waals surface area (Å²) in [6.45, 7) is 1.32. The zero-order valence-electron chi connectivity index (χ0n) is 16.7. The van der Waals surface area contributed by atoms with Crippen LogP contribution >= 0.6 is 0 Å². The lowest BCUT2D eigenvalue weighted by atomic mass is 10.0. The lowest BCUT2D eigenvalue weighted by Gasteiger charge is -2.15. The second-order valence-electron chi connectivity index (χ2n) is 6.91. The van der Waals surface area contributed by atoms with E-state index in [1.165, 1.54) is 0 Å². The molecule has 0 aliphatic carbocycles. The Morgan fingerprint density at radius 1 is 0.600 bits per heavy atom. The first-order chi connectivity index (χ1) is 14.8. The molecule has 4 heteroatoms. The van der Waals surface area contributed by atoms with Crippen LogP contribution in [-0.2, 0) is 19.8 Å². The van der Waals surface area contributed by atoms with Gasteiger partial charge in [0.15, 0.2) is 0 Å². The summed E-state index contributed by atoms with van der Waals surface area (Å²) in [6.07, 6.45) is 0. The molecular weight excluding hydrogens is 372 g/mol. The van der Waals surface area contributed by atoms with Crippen molar-refractivity contribution in [1.82, 2.24) is 4.98 Å². The Hall–Kier alpha value is -3.63. The maximum absolute atomic E-state index is 6.14. The summed E-state index contributed by atoms with van der Waals surface area (Å²) >= 11 is 0. The van der Waals surface area contributed by atoms with Crippen LogP contribution in [0.2, 0.25) is 0 Å². The van der Waals surface area contributed by atoms with E-state index in [0.717, 1.165) is 27.8 Å². The van der Waals surface area contributed by atoms with Gasteiger partial charge in [0.1, 0.15) is 13.2 Å². The average Bonchev–Trinajstić information content (AvgIpc) is 2.83. The summed E-state index contributed by atoms with van der Waals surface area (Å²) in [5, 5.41) is 0. The van der Waals surface area contributed by atoms with Gasteiger partial charge in [-0.3, -0.25) is 0 Å². The van der Waals surface area contributed by atoms with Crippen molar-refractivity contribution in [2.24, 2.45) is 5.73 Å². The number of hydrogen-bond donors (Lipinski definition) is 1. The monoisotopic (exact) mass is 396 g/mol. The van der Waals surface area contributed by atoms with E-state index in [1.54, 1.807) is 0 Å². The first-order valence-electron chi connectivity index (χ1n) is 9.96. The van der Waals surface area contributed by atoms with Crippen molar-refractivity contribution in [1.29, 1.82) is 0 Å². The van der Waals surface area contributed by atoms with Crippen LogP contribution in [-0.4, -0.2) is 4.98 Å². The number of nitrogens with two attached hydrogens (primary N) is 1. The van der Waals surface area contributed by atoms with Crippen LogP contribution in [0.1, 0.15) is 16.7 Å². The van der Waals surface area contributed by atoms with E-state index in [9.17, 15) is 0 Å². The molecular formula is C26H24N2O2. The van der Waals surface area contributed by atoms with E-state index in [2.05, 4.69) is 4.98 Å². The molecule has 2 N–H and O–H groups in total. The Balaban J connectivity index is 1.62. The molecule has 30 heavy (non-hydrogen) atoms. The van der Waals surface area contributed by atoms with Crippen molar-refractivity contribution >= 4 is 0 Å². The van der Waals surface area contributed by atoms with Gasteiger partial charge in [0.05, 0.1) is 0 Å². The lowest BCUT2D eigenvalue weighted by Crippen LogP contribution is -2.04. The van der Waals surface area contributed by atoms with Gasteiger partial charge in [-0.2, -0.15) is 4.98 Å². The predicted molar refractivity (Wildman–Crippen MR) is 119 cm³/mol. The van der Waals surface area contributed by atoms with Gasteiger partial charge in [0.2, 0.25) is 11.8 Å². The van der Waals surface area contributed by atoms with Gasteiger partial charge < -0.3 is 15.2 Å². The number of hydrogen-bond acceptors (Lipinski definition) is 4. The number of pyridine rings is 1. The molecule has 4 aromatic rings. The van der Waals surface area contributed by atoms with Crippen LogP contribution in [0.4, 0.5) is 0 Å². The number of rotatable bonds is 8. The minimum absolute atomic E-state index is 0.424. The molecule has 0 radical (unpaired) electrons. The number of ether oxygens (including phenoxy) is 2. The average molecular weight is 396 g/mol. The van der Waals surface area contributed by atoms with Gasteiger partial charge in [0.25, 0.3) is 0 Å². The molecule has 0 fully saturated rings. The van der Waals surface area contributed by atoms with Crippen LogP contribution in [0.3, 0.4) is 0 Å². The van der Waals surface area contributed by atoms with Crippen molar-refractivity contribution in [3.8, 4) is 22.9 Å². The van der Waals surface area contributed by atoms with Crippen LogP contribution in [0.5, 0.6) is 11.8 Å². The molecule has 0 bridgehead atoms. The Morgan fingerprint density at radius 2 is 1.20 bits per heavy atom. The SMILES string of the molecule is NCc1ccccc1-c1ccc(OCc2ccccc2)nc1OCc1ccccc1. The summed E-state index contributed by atoms with van der Waals surface area (Å²) in [5.41, 5.74) is 11.1. The van der Waals surface area contributed by atoms with Crippen molar-refractivity contribution in [3.05, 3.63) is 114 Å². The van der Waals surface area contributed by atoms with Crippen molar-refractivity contribution in [2.75, 3.05) is 0 Å². The van der Waals surface area contributed by atoms with Gasteiger partial charge in [0, 0.05) is 18.2 Å². The van der Waals surface area contributed by atoms with E-state index in [-0.39, 0.29) is 0 Å². The molecule has 0 aliphatic rings. The van der Waals surface area contributed by atoms with Crippen molar-refractivity contribution < 1.29 is 9.47 Å². The Morgan fingerprint density at radius 3 is 1.87 bits per heavy atom. The summed E-state index contributed by atoms with van der Waals surface area (Å²) in [4.78, 5) is 4.67. The quantitative estimate of drug-likeness (QED) is 0.435. The van der Waals surface area contributed by atoms with Gasteiger partial charge in [-0.15, -0.1) is 0 Å². The predicted octanol–water partition coefficient (Wildman–Crippen LogP) is 5.37. The largest absolute Gasteiger partial charge is 0.473 e. The highest BCUT2D eigenvalue weighted by molar-refractivity contribution is 5.72. The maximum atomic E-state index is 6.14. The van der Waals surface area contributed by atoms with Gasteiger partial charge in [-0.05, 0) is 28.3 Å². The number of benzene rings is 3. The molecule has 0 spiro atoms. The number of aromatic nitrogens is 1. The fraction of sp³-hybridized carbons (Fsp3) is 0.115. The normalized spacial score (nSPS) is 10.6. The van der Waals surface area contributed by atoms with E-state index >= 15 is 0 Å².